The van der Waals surface area contributed by atoms with E-state index in [0.29, 0.717) is 12.2 Å². The van der Waals surface area contributed by atoms with Crippen molar-refractivity contribution in [1.82, 2.24) is 0 Å². The Kier molecular flexibility index (Phi) is 70.5. The van der Waals surface area contributed by atoms with Crippen molar-refractivity contribution in [1.29, 1.82) is 0 Å². The van der Waals surface area contributed by atoms with Crippen molar-refractivity contribution in [2.75, 3.05) is 0 Å². The molecule has 0 saturated carbocycles. The molecule has 1 radical (unpaired) electrons. The fourth-order valence-corrected chi connectivity index (χ4v) is 0.438. The smallest absolute Gasteiger partial charge is 0.699 e. The Morgan fingerprint density at radius 2 is 1.40 bits per heavy atom. The van der Waals surface area contributed by atoms with E-state index < -0.39 is 0 Å². The molecule has 0 aliphatic heterocycles. The van der Waals surface area contributed by atoms with E-state index in [2.05, 4.69) is 0 Å². The summed E-state index contributed by atoms with van der Waals surface area (Å²) in [5.74, 6) is 0. The molecule has 0 heterocycles. The van der Waals surface area contributed by atoms with E-state index in [1.807, 2.05) is 18.2 Å². The van der Waals surface area contributed by atoms with Crippen LogP contribution in [0.25, 0.3) is 5.73 Å². The van der Waals surface area contributed by atoms with Gasteiger partial charge in [-0.3, -0.25) is 0 Å². The second-order valence-electron chi connectivity index (χ2n) is 1.46. The predicted molar refractivity (Wildman–Crippen MR) is 51.6 cm³/mol. The third kappa shape index (κ3) is 31.3. The summed E-state index contributed by atoms with van der Waals surface area (Å²) >= 11 is 0. The quantitative estimate of drug-likeness (QED) is 0.444. The maximum atomic E-state index is 8.24. The molecular weight excluding hydrogens is 627 g/mol. The number of rotatable bonds is 0. The summed E-state index contributed by atoms with van der Waals surface area (Å²) in [6, 6.07) is 9.10. The topological polar surface area (TPSA) is 61.1 Å². The van der Waals surface area contributed by atoms with Gasteiger partial charge in [-0.2, -0.15) is 0 Å². The van der Waals surface area contributed by atoms with Gasteiger partial charge < -0.3 is 30.5 Å². The Morgan fingerprint density at radius 3 is 1.53 bits per heavy atom. The molecule has 0 aromatic heterocycles. The summed E-state index contributed by atoms with van der Waals surface area (Å²) < 4.78 is 0. The van der Waals surface area contributed by atoms with Crippen LogP contribution in [0.1, 0.15) is 0 Å². The molecule has 2 N–H and O–H groups in total. The average Bonchev–Trinajstić information content (AvgIpc) is 1.91. The van der Waals surface area contributed by atoms with Gasteiger partial charge in [0.15, 0.2) is 0 Å². The van der Waals surface area contributed by atoms with Crippen molar-refractivity contribution in [3.05, 3.63) is 50.9 Å². The minimum Gasteiger partial charge on any atom is -0.699 e. The Labute approximate surface area is 142 Å². The van der Waals surface area contributed by atoms with Gasteiger partial charge >= 0.3 is 21.1 Å². The van der Waals surface area contributed by atoms with E-state index in [1.54, 1.807) is 12.1 Å². The first-order valence-electron chi connectivity index (χ1n) is 2.59. The molecule has 0 unspecified atom stereocenters. The molecule has 0 amide bonds. The molecule has 0 fully saturated rings. The zero-order valence-corrected chi connectivity index (χ0v) is 17.1. The normalized spacial score (nSPS) is 4.80. The van der Waals surface area contributed by atoms with Crippen molar-refractivity contribution in [2.24, 2.45) is 0 Å². The van der Waals surface area contributed by atoms with Crippen molar-refractivity contribution < 1.29 is 80.6 Å². The maximum Gasteiger partial charge on any atom is 2.00 e. The van der Waals surface area contributed by atoms with Crippen LogP contribution >= 0.6 is 0 Å². The van der Waals surface area contributed by atoms with E-state index in [1.165, 1.54) is 0 Å². The number of hydrogen-bond donors (Lipinski definition) is 1. The van der Waals surface area contributed by atoms with E-state index >= 15 is 0 Å². The van der Waals surface area contributed by atoms with Gasteiger partial charge in [0.1, 0.15) is 0 Å². The van der Waals surface area contributed by atoms with Gasteiger partial charge in [0.25, 0.3) is 0 Å². The fraction of sp³-hybridized carbons (Fsp3) is 0. The first-order valence-corrected chi connectivity index (χ1v) is 2.59. The van der Waals surface area contributed by atoms with Gasteiger partial charge in [0.2, 0.25) is 0 Å². The molecular formula is C9H13NO2UVW-2. The molecule has 6 heteroatoms. The summed E-state index contributed by atoms with van der Waals surface area (Å²) in [6.07, 6.45) is 0. The summed E-state index contributed by atoms with van der Waals surface area (Å²) in [4.78, 5) is 8.24. The fourth-order valence-electron chi connectivity index (χ4n) is 0.438. The van der Waals surface area contributed by atoms with Gasteiger partial charge in [0, 0.05) is 49.7 Å². The van der Waals surface area contributed by atoms with E-state index in [4.69, 9.17) is 15.6 Å². The van der Waals surface area contributed by atoms with Crippen LogP contribution in [0.15, 0.2) is 30.3 Å². The van der Waals surface area contributed by atoms with Crippen molar-refractivity contribution in [2.45, 2.75) is 0 Å². The average molecular weight is 640 g/mol. The maximum absolute atomic E-state index is 8.24. The summed E-state index contributed by atoms with van der Waals surface area (Å²) in [7, 11) is 0. The molecule has 3 nitrogen and oxygen atoms in total. The van der Waals surface area contributed by atoms with Crippen LogP contribution in [0.2, 0.25) is 0 Å². The van der Waals surface area contributed by atoms with Gasteiger partial charge in [-0.25, -0.2) is 0 Å². The number of aliphatic hydroxyl groups excluding tert-OH is 1. The van der Waals surface area contributed by atoms with Crippen LogP contribution in [-0.2, 0) is 44.4 Å². The van der Waals surface area contributed by atoms with Crippen LogP contribution in [0.3, 0.4) is 0 Å². The molecule has 1 aromatic rings. The SMILES string of the molecule is O=[C-]O.[CH3-].[CH3-].[NH-]c1ccccc1.[U].[V].[W+2]. The Bertz CT molecular complexity index is 191. The molecule has 0 aliphatic rings. The second kappa shape index (κ2) is 29.4. The summed E-state index contributed by atoms with van der Waals surface area (Å²) in [5.41, 5.74) is 7.57. The van der Waals surface area contributed by atoms with Gasteiger partial charge in [0.05, 0.1) is 0 Å². The van der Waals surface area contributed by atoms with Gasteiger partial charge in [-0.15, -0.1) is 5.69 Å². The number of nitrogens with one attached hydrogen (secondary N) is 1. The van der Waals surface area contributed by atoms with E-state index in [0.717, 1.165) is 0 Å². The molecule has 0 atom stereocenters. The first-order chi connectivity index (χ1) is 4.81. The van der Waals surface area contributed by atoms with Crippen LogP contribution in [-0.4, -0.2) is 11.6 Å². The monoisotopic (exact) mass is 640 g/mol. The number of benzene rings is 1. The molecule has 1 rings (SSSR count). The van der Waals surface area contributed by atoms with Crippen LogP contribution in [0.5, 0.6) is 0 Å². The van der Waals surface area contributed by atoms with E-state index in [-0.39, 0.29) is 85.6 Å². The minimum absolute atomic E-state index is 0. The Morgan fingerprint density at radius 1 is 1.13 bits per heavy atom. The van der Waals surface area contributed by atoms with Crippen LogP contribution in [0.4, 0.5) is 5.69 Å². The van der Waals surface area contributed by atoms with E-state index in [9.17, 15) is 0 Å². The van der Waals surface area contributed by atoms with Gasteiger partial charge in [-0.05, 0) is 0 Å². The molecule has 0 bridgehead atoms. The van der Waals surface area contributed by atoms with Gasteiger partial charge in [-0.1, -0.05) is 36.8 Å². The molecule has 0 saturated heterocycles. The second-order valence-corrected chi connectivity index (χ2v) is 1.46. The first kappa shape index (κ1) is 36.0. The van der Waals surface area contributed by atoms with Crippen molar-refractivity contribution in [3.8, 4) is 0 Å². The zero-order valence-electron chi connectivity index (χ0n) is 8.60. The van der Waals surface area contributed by atoms with Crippen molar-refractivity contribution >= 4 is 12.2 Å². The third-order valence-corrected chi connectivity index (χ3v) is 0.774. The molecule has 0 spiro atoms. The van der Waals surface area contributed by atoms with Crippen molar-refractivity contribution in [3.63, 3.8) is 0 Å². The molecule has 1 aromatic carbocycles. The summed E-state index contributed by atoms with van der Waals surface area (Å²) in [6.45, 7) is 0.500. The summed E-state index contributed by atoms with van der Waals surface area (Å²) in [5, 5.41) is 6.76. The Hall–Kier alpha value is 0.815. The largest absolute Gasteiger partial charge is 2.00 e. The standard InChI is InChI=1S/C6H6N.CHO2.2CH3.U.V.W/c7-6-4-2-1-3-5-6;2-1-3;;;;;/h1-5,7H;(H,2,3);2*1H3;;;/q4*-1;;;+2. The third-order valence-electron chi connectivity index (χ3n) is 0.774. The van der Waals surface area contributed by atoms with Crippen LogP contribution < -0.4 is 0 Å². The number of hydrogen-bond acceptors (Lipinski definition) is 1. The predicted octanol–water partition coefficient (Wildman–Crippen LogP) is 2.88. The van der Waals surface area contributed by atoms with Crippen LogP contribution in [0, 0.1) is 46.0 Å². The molecule has 15 heavy (non-hydrogen) atoms. The Balaban J connectivity index is -0.0000000234. The molecule has 83 valence electrons. The zero-order chi connectivity index (χ0) is 7.82. The molecule has 0 aliphatic carbocycles. The minimum atomic E-state index is 0.